The molecule has 1 amide bonds. The van der Waals surface area contributed by atoms with E-state index in [1.807, 2.05) is 12.1 Å². The molecule has 21 heavy (non-hydrogen) atoms. The van der Waals surface area contributed by atoms with Crippen LogP contribution in [-0.2, 0) is 6.54 Å². The van der Waals surface area contributed by atoms with Crippen molar-refractivity contribution in [3.63, 3.8) is 0 Å². The molecule has 0 aliphatic heterocycles. The van der Waals surface area contributed by atoms with Crippen molar-refractivity contribution in [1.29, 1.82) is 0 Å². The minimum Gasteiger partial charge on any atom is -0.384 e. The van der Waals surface area contributed by atoms with Crippen LogP contribution in [0, 0.1) is 11.8 Å². The fraction of sp³-hybridized carbons (Fsp3) is 0.188. The Morgan fingerprint density at radius 1 is 1.33 bits per heavy atom. The highest BCUT2D eigenvalue weighted by molar-refractivity contribution is 5.94. The van der Waals surface area contributed by atoms with Gasteiger partial charge in [0.25, 0.3) is 5.91 Å². The number of hydrogen-bond donors (Lipinski definition) is 1. The fourth-order valence-corrected chi connectivity index (χ4v) is 1.82. The van der Waals surface area contributed by atoms with Crippen molar-refractivity contribution in [3.8, 4) is 11.8 Å². The largest absolute Gasteiger partial charge is 0.384 e. The van der Waals surface area contributed by atoms with Gasteiger partial charge in [-0.2, -0.15) is 0 Å². The molecule has 0 bridgehead atoms. The highest BCUT2D eigenvalue weighted by atomic mass is 16.2. The van der Waals surface area contributed by atoms with Crippen LogP contribution in [0.4, 0.5) is 0 Å². The van der Waals surface area contributed by atoms with E-state index in [1.165, 1.54) is 6.20 Å². The van der Waals surface area contributed by atoms with Crippen LogP contribution in [0.5, 0.6) is 0 Å². The molecule has 0 atom stereocenters. The third-order valence-corrected chi connectivity index (χ3v) is 2.79. The van der Waals surface area contributed by atoms with Gasteiger partial charge in [-0.15, -0.1) is 0 Å². The van der Waals surface area contributed by atoms with E-state index in [1.54, 1.807) is 36.6 Å². The Labute approximate surface area is 123 Å². The number of aliphatic hydroxyl groups is 1. The second kappa shape index (κ2) is 7.17. The number of hydrogen-bond acceptors (Lipinski definition) is 4. The highest BCUT2D eigenvalue weighted by Crippen LogP contribution is 2.08. The van der Waals surface area contributed by atoms with Crippen LogP contribution in [0.15, 0.2) is 43.0 Å². The van der Waals surface area contributed by atoms with Crippen molar-refractivity contribution in [2.24, 2.45) is 0 Å². The summed E-state index contributed by atoms with van der Waals surface area (Å²) in [4.78, 5) is 22.0. The lowest BCUT2D eigenvalue weighted by atomic mass is 10.2. The molecule has 2 rings (SSSR count). The van der Waals surface area contributed by atoms with Crippen LogP contribution < -0.4 is 0 Å². The third-order valence-electron chi connectivity index (χ3n) is 2.79. The zero-order valence-electron chi connectivity index (χ0n) is 11.7. The summed E-state index contributed by atoms with van der Waals surface area (Å²) in [5.74, 6) is 5.13. The van der Waals surface area contributed by atoms with Crippen LogP contribution in [0.1, 0.15) is 21.5 Å². The Hall–Kier alpha value is -2.71. The Kier molecular flexibility index (Phi) is 5.02. The first kappa shape index (κ1) is 14.7. The van der Waals surface area contributed by atoms with Gasteiger partial charge in [-0.3, -0.25) is 14.8 Å². The molecule has 0 fully saturated rings. The van der Waals surface area contributed by atoms with E-state index < -0.39 is 0 Å². The summed E-state index contributed by atoms with van der Waals surface area (Å²) in [6.07, 6.45) is 6.48. The topological polar surface area (TPSA) is 66.3 Å². The second-order valence-corrected chi connectivity index (χ2v) is 4.44. The van der Waals surface area contributed by atoms with E-state index >= 15 is 0 Å². The van der Waals surface area contributed by atoms with Crippen molar-refractivity contribution in [3.05, 3.63) is 59.7 Å². The Morgan fingerprint density at radius 2 is 2.19 bits per heavy atom. The van der Waals surface area contributed by atoms with Gasteiger partial charge in [-0.25, -0.2) is 0 Å². The minimum absolute atomic E-state index is 0.140. The van der Waals surface area contributed by atoms with Gasteiger partial charge >= 0.3 is 0 Å². The second-order valence-electron chi connectivity index (χ2n) is 4.44. The monoisotopic (exact) mass is 281 g/mol. The van der Waals surface area contributed by atoms with Gasteiger partial charge in [0, 0.05) is 43.9 Å². The number of amides is 1. The van der Waals surface area contributed by atoms with Gasteiger partial charge in [-0.05, 0) is 17.7 Å². The average molecular weight is 281 g/mol. The SMILES string of the molecule is CN(Cc1cccnc1)C(=O)c1cncc(C#CCO)c1. The Bertz CT molecular complexity index is 675. The molecular formula is C16H15N3O2. The van der Waals surface area contributed by atoms with Crippen molar-refractivity contribution >= 4 is 5.91 Å². The molecule has 0 unspecified atom stereocenters. The van der Waals surface area contributed by atoms with E-state index in [9.17, 15) is 4.79 Å². The minimum atomic E-state index is -0.223. The van der Waals surface area contributed by atoms with Crippen molar-refractivity contribution < 1.29 is 9.90 Å². The van der Waals surface area contributed by atoms with Gasteiger partial charge < -0.3 is 10.0 Å². The molecule has 0 saturated carbocycles. The van der Waals surface area contributed by atoms with Gasteiger partial charge in [0.2, 0.25) is 0 Å². The molecule has 0 aromatic carbocycles. The van der Waals surface area contributed by atoms with Gasteiger partial charge in [0.1, 0.15) is 6.61 Å². The van der Waals surface area contributed by atoms with Gasteiger partial charge in [0.05, 0.1) is 5.56 Å². The van der Waals surface area contributed by atoms with Crippen LogP contribution in [-0.4, -0.2) is 39.5 Å². The molecule has 2 heterocycles. The molecule has 5 nitrogen and oxygen atoms in total. The van der Waals surface area contributed by atoms with Crippen LogP contribution in [0.2, 0.25) is 0 Å². The molecule has 0 saturated heterocycles. The molecule has 2 aromatic heterocycles. The maximum Gasteiger partial charge on any atom is 0.255 e. The third kappa shape index (κ3) is 4.13. The first-order chi connectivity index (χ1) is 10.2. The Morgan fingerprint density at radius 3 is 2.90 bits per heavy atom. The molecule has 2 aromatic rings. The first-order valence-electron chi connectivity index (χ1n) is 6.40. The lowest BCUT2D eigenvalue weighted by Crippen LogP contribution is -2.26. The fourth-order valence-electron chi connectivity index (χ4n) is 1.82. The molecule has 106 valence electrons. The maximum absolute atomic E-state index is 12.3. The summed E-state index contributed by atoms with van der Waals surface area (Å²) in [6, 6.07) is 5.41. The summed E-state index contributed by atoms with van der Waals surface area (Å²) >= 11 is 0. The molecule has 5 heteroatoms. The van der Waals surface area contributed by atoms with E-state index in [0.717, 1.165) is 5.56 Å². The summed E-state index contributed by atoms with van der Waals surface area (Å²) in [7, 11) is 1.72. The maximum atomic E-state index is 12.3. The number of aromatic nitrogens is 2. The van der Waals surface area contributed by atoms with E-state index in [0.29, 0.717) is 17.7 Å². The van der Waals surface area contributed by atoms with Crippen LogP contribution in [0.3, 0.4) is 0 Å². The predicted molar refractivity (Wildman–Crippen MR) is 78.2 cm³/mol. The molecular weight excluding hydrogens is 266 g/mol. The van der Waals surface area contributed by atoms with Crippen molar-refractivity contribution in [2.75, 3.05) is 13.7 Å². The van der Waals surface area contributed by atoms with Crippen LogP contribution >= 0.6 is 0 Å². The number of carbonyl (C=O) groups excluding carboxylic acids is 1. The highest BCUT2D eigenvalue weighted by Gasteiger charge is 2.12. The summed E-state index contributed by atoms with van der Waals surface area (Å²) in [5.41, 5.74) is 2.02. The van der Waals surface area contributed by atoms with Crippen LogP contribution in [0.25, 0.3) is 0 Å². The number of carbonyl (C=O) groups is 1. The zero-order chi connectivity index (χ0) is 15.1. The quantitative estimate of drug-likeness (QED) is 0.855. The molecule has 1 N–H and O–H groups in total. The lowest BCUT2D eigenvalue weighted by Gasteiger charge is -2.17. The average Bonchev–Trinajstić information content (AvgIpc) is 2.53. The number of aliphatic hydroxyl groups excluding tert-OH is 1. The van der Waals surface area contributed by atoms with E-state index in [-0.39, 0.29) is 12.5 Å². The van der Waals surface area contributed by atoms with Crippen molar-refractivity contribution in [2.45, 2.75) is 6.54 Å². The van der Waals surface area contributed by atoms with Gasteiger partial charge in [-0.1, -0.05) is 17.9 Å². The zero-order valence-corrected chi connectivity index (χ0v) is 11.7. The standard InChI is InChI=1S/C16H15N3O2/c1-19(12-14-4-2-6-17-10-14)16(21)15-8-13(5-3-7-20)9-18-11-15/h2,4,6,8-11,20H,7,12H2,1H3. The summed E-state index contributed by atoms with van der Waals surface area (Å²) < 4.78 is 0. The summed E-state index contributed by atoms with van der Waals surface area (Å²) in [6.45, 7) is 0.248. The van der Waals surface area contributed by atoms with Crippen molar-refractivity contribution in [1.82, 2.24) is 14.9 Å². The molecule has 0 aliphatic carbocycles. The lowest BCUT2D eigenvalue weighted by molar-refractivity contribution is 0.0784. The number of rotatable bonds is 3. The first-order valence-corrected chi connectivity index (χ1v) is 6.40. The summed E-state index contributed by atoms with van der Waals surface area (Å²) in [5, 5.41) is 8.68. The molecule has 0 radical (unpaired) electrons. The van der Waals surface area contributed by atoms with Gasteiger partial charge in [0.15, 0.2) is 0 Å². The van der Waals surface area contributed by atoms with E-state index in [4.69, 9.17) is 5.11 Å². The molecule has 0 spiro atoms. The normalized spacial score (nSPS) is 9.62. The number of nitrogens with zero attached hydrogens (tertiary/aromatic N) is 3. The van der Waals surface area contributed by atoms with E-state index in [2.05, 4.69) is 21.8 Å². The molecule has 0 aliphatic rings. The smallest absolute Gasteiger partial charge is 0.255 e. The Balaban J connectivity index is 2.12. The number of pyridine rings is 2. The predicted octanol–water partition coefficient (Wildman–Crippen LogP) is 1.09.